The molecule has 158 valence electrons. The molecule has 0 unspecified atom stereocenters. The number of thiophene rings is 1. The average molecular weight is 426 g/mol. The van der Waals surface area contributed by atoms with E-state index in [9.17, 15) is 0 Å². The highest BCUT2D eigenvalue weighted by Crippen LogP contribution is 2.45. The molecule has 0 radical (unpaired) electrons. The topological polar surface area (TPSA) is 64.4 Å². The Balaban J connectivity index is 1.40. The molecule has 2 aliphatic rings. The molecule has 30 heavy (non-hydrogen) atoms. The SMILES string of the molecule is COc1ccc(CN2Cn3ncnc3-c3c2sc(CNCC2(C)COC2)c3C)cc1. The molecule has 2 aromatic heterocycles. The number of benzene rings is 1. The summed E-state index contributed by atoms with van der Waals surface area (Å²) in [5, 5.41) is 9.38. The Labute approximate surface area is 180 Å². The van der Waals surface area contributed by atoms with Crippen LogP contribution >= 0.6 is 11.3 Å². The summed E-state index contributed by atoms with van der Waals surface area (Å²) in [7, 11) is 1.69. The zero-order valence-electron chi connectivity index (χ0n) is 17.6. The molecular weight excluding hydrogens is 398 g/mol. The molecule has 0 bridgehead atoms. The monoisotopic (exact) mass is 425 g/mol. The second-order valence-electron chi connectivity index (χ2n) is 8.51. The van der Waals surface area contributed by atoms with E-state index in [1.165, 1.54) is 26.6 Å². The van der Waals surface area contributed by atoms with Gasteiger partial charge in [0.25, 0.3) is 0 Å². The number of hydrogen-bond acceptors (Lipinski definition) is 7. The first-order chi connectivity index (χ1) is 14.6. The second kappa shape index (κ2) is 7.68. The number of nitrogens with zero attached hydrogens (tertiary/aromatic N) is 4. The van der Waals surface area contributed by atoms with Gasteiger partial charge in [0.05, 0.1) is 25.9 Å². The molecular formula is C22H27N5O2S. The molecule has 1 fully saturated rings. The van der Waals surface area contributed by atoms with E-state index in [4.69, 9.17) is 9.47 Å². The van der Waals surface area contributed by atoms with Gasteiger partial charge < -0.3 is 19.7 Å². The first kappa shape index (κ1) is 19.5. The summed E-state index contributed by atoms with van der Waals surface area (Å²) in [4.78, 5) is 8.31. The summed E-state index contributed by atoms with van der Waals surface area (Å²) >= 11 is 1.87. The third kappa shape index (κ3) is 3.49. The molecule has 0 amide bonds. The minimum absolute atomic E-state index is 0.269. The maximum Gasteiger partial charge on any atom is 0.163 e. The molecule has 0 saturated carbocycles. The second-order valence-corrected chi connectivity index (χ2v) is 9.59. The molecule has 5 rings (SSSR count). The van der Waals surface area contributed by atoms with Gasteiger partial charge in [-0.1, -0.05) is 19.1 Å². The number of anilines is 1. The smallest absolute Gasteiger partial charge is 0.163 e. The maximum atomic E-state index is 5.38. The van der Waals surface area contributed by atoms with Crippen LogP contribution in [0.15, 0.2) is 30.6 Å². The zero-order valence-corrected chi connectivity index (χ0v) is 18.5. The van der Waals surface area contributed by atoms with Crippen LogP contribution < -0.4 is 15.0 Å². The van der Waals surface area contributed by atoms with Crippen molar-refractivity contribution in [2.75, 3.05) is 31.8 Å². The van der Waals surface area contributed by atoms with Crippen LogP contribution in [0.25, 0.3) is 11.4 Å². The number of nitrogens with one attached hydrogen (secondary N) is 1. The van der Waals surface area contributed by atoms with Gasteiger partial charge in [-0.3, -0.25) is 0 Å². The van der Waals surface area contributed by atoms with Crippen molar-refractivity contribution < 1.29 is 9.47 Å². The lowest BCUT2D eigenvalue weighted by Gasteiger charge is -2.38. The van der Waals surface area contributed by atoms with Gasteiger partial charge in [-0.15, -0.1) is 11.3 Å². The van der Waals surface area contributed by atoms with E-state index in [2.05, 4.69) is 46.3 Å². The van der Waals surface area contributed by atoms with Crippen LogP contribution in [0.3, 0.4) is 0 Å². The molecule has 1 aromatic carbocycles. The van der Waals surface area contributed by atoms with Gasteiger partial charge in [0.15, 0.2) is 5.82 Å². The van der Waals surface area contributed by atoms with Crippen molar-refractivity contribution in [3.05, 3.63) is 46.6 Å². The van der Waals surface area contributed by atoms with Gasteiger partial charge in [-0.25, -0.2) is 9.67 Å². The number of ether oxygens (including phenoxy) is 2. The van der Waals surface area contributed by atoms with E-state index in [-0.39, 0.29) is 5.41 Å². The summed E-state index contributed by atoms with van der Waals surface area (Å²) in [5.74, 6) is 1.85. The summed E-state index contributed by atoms with van der Waals surface area (Å²) < 4.78 is 12.7. The van der Waals surface area contributed by atoms with E-state index in [0.717, 1.165) is 44.4 Å². The van der Waals surface area contributed by atoms with Crippen molar-refractivity contribution in [2.24, 2.45) is 5.41 Å². The predicted molar refractivity (Wildman–Crippen MR) is 118 cm³/mol. The Bertz CT molecular complexity index is 1040. The number of rotatable bonds is 7. The lowest BCUT2D eigenvalue weighted by molar-refractivity contribution is -0.0991. The quantitative estimate of drug-likeness (QED) is 0.626. The number of hydrogen-bond donors (Lipinski definition) is 1. The van der Waals surface area contributed by atoms with Crippen molar-refractivity contribution >= 4 is 16.3 Å². The fraction of sp³-hybridized carbons (Fsp3) is 0.455. The zero-order chi connectivity index (χ0) is 20.7. The first-order valence-corrected chi connectivity index (χ1v) is 11.0. The molecule has 1 N–H and O–H groups in total. The van der Waals surface area contributed by atoms with Crippen molar-refractivity contribution in [1.29, 1.82) is 0 Å². The first-order valence-electron chi connectivity index (χ1n) is 10.2. The molecule has 0 aliphatic carbocycles. The molecule has 0 atom stereocenters. The van der Waals surface area contributed by atoms with Crippen LogP contribution in [0, 0.1) is 12.3 Å². The fourth-order valence-corrected chi connectivity index (χ4v) is 5.35. The van der Waals surface area contributed by atoms with Crippen LogP contribution in [-0.4, -0.2) is 41.6 Å². The Morgan fingerprint density at radius 1 is 1.27 bits per heavy atom. The van der Waals surface area contributed by atoms with Crippen LogP contribution in [0.4, 0.5) is 5.00 Å². The van der Waals surface area contributed by atoms with Gasteiger partial charge in [0.2, 0.25) is 0 Å². The fourth-order valence-electron chi connectivity index (χ4n) is 4.09. The Hall–Kier alpha value is -2.42. The minimum Gasteiger partial charge on any atom is -0.497 e. The third-order valence-electron chi connectivity index (χ3n) is 5.93. The lowest BCUT2D eigenvalue weighted by Crippen LogP contribution is -2.47. The average Bonchev–Trinajstić information content (AvgIpc) is 3.32. The number of aromatic nitrogens is 3. The Morgan fingerprint density at radius 2 is 2.07 bits per heavy atom. The van der Waals surface area contributed by atoms with E-state index in [1.807, 2.05) is 28.2 Å². The highest BCUT2D eigenvalue weighted by atomic mass is 32.1. The molecule has 1 saturated heterocycles. The predicted octanol–water partition coefficient (Wildman–Crippen LogP) is 3.43. The highest BCUT2D eigenvalue weighted by molar-refractivity contribution is 7.17. The Kier molecular flexibility index (Phi) is 5.00. The third-order valence-corrected chi connectivity index (χ3v) is 7.28. The van der Waals surface area contributed by atoms with E-state index in [1.54, 1.807) is 13.4 Å². The number of methoxy groups -OCH3 is 1. The molecule has 8 heteroatoms. The summed E-state index contributed by atoms with van der Waals surface area (Å²) in [6, 6.07) is 8.28. The van der Waals surface area contributed by atoms with Gasteiger partial charge in [-0.05, 0) is 30.2 Å². The summed E-state index contributed by atoms with van der Waals surface area (Å²) in [5.41, 5.74) is 4.03. The molecule has 3 aromatic rings. The summed E-state index contributed by atoms with van der Waals surface area (Å²) in [6.45, 7) is 9.53. The van der Waals surface area contributed by atoms with Gasteiger partial charge in [0.1, 0.15) is 23.7 Å². The largest absolute Gasteiger partial charge is 0.497 e. The molecule has 4 heterocycles. The van der Waals surface area contributed by atoms with Gasteiger partial charge in [0, 0.05) is 29.9 Å². The van der Waals surface area contributed by atoms with Crippen molar-refractivity contribution in [3.8, 4) is 17.1 Å². The molecule has 2 aliphatic heterocycles. The molecule has 0 spiro atoms. The van der Waals surface area contributed by atoms with Crippen molar-refractivity contribution in [1.82, 2.24) is 20.1 Å². The highest BCUT2D eigenvalue weighted by Gasteiger charge is 2.33. The van der Waals surface area contributed by atoms with E-state index in [0.29, 0.717) is 6.67 Å². The van der Waals surface area contributed by atoms with Crippen molar-refractivity contribution in [3.63, 3.8) is 0 Å². The van der Waals surface area contributed by atoms with Gasteiger partial charge in [-0.2, -0.15) is 5.10 Å². The van der Waals surface area contributed by atoms with Crippen LogP contribution in [-0.2, 0) is 24.5 Å². The maximum absolute atomic E-state index is 5.38. The van der Waals surface area contributed by atoms with E-state index >= 15 is 0 Å². The van der Waals surface area contributed by atoms with Gasteiger partial charge >= 0.3 is 0 Å². The lowest BCUT2D eigenvalue weighted by atomic mass is 9.89. The number of fused-ring (bicyclic) bond motifs is 3. The standard InChI is InChI=1S/C22H27N5O2S/c1-15-18(8-23-10-22(2)11-29-12-22)30-21-19(15)20-24-13-25-27(20)14-26(21)9-16-4-6-17(28-3)7-5-16/h4-7,13,23H,8-12,14H2,1-3H3. The van der Waals surface area contributed by atoms with Crippen molar-refractivity contribution in [2.45, 2.75) is 33.6 Å². The van der Waals surface area contributed by atoms with Crippen LogP contribution in [0.2, 0.25) is 0 Å². The van der Waals surface area contributed by atoms with Crippen LogP contribution in [0.1, 0.15) is 22.9 Å². The Morgan fingerprint density at radius 3 is 2.77 bits per heavy atom. The minimum atomic E-state index is 0.269. The normalized spacial score (nSPS) is 16.7. The summed E-state index contributed by atoms with van der Waals surface area (Å²) in [6.07, 6.45) is 1.66. The molecule has 7 nitrogen and oxygen atoms in total. The van der Waals surface area contributed by atoms with E-state index < -0.39 is 0 Å². The van der Waals surface area contributed by atoms with Crippen LogP contribution in [0.5, 0.6) is 5.75 Å².